The summed E-state index contributed by atoms with van der Waals surface area (Å²) in [5, 5.41) is 1.66. The summed E-state index contributed by atoms with van der Waals surface area (Å²) < 4.78 is 12.1. The summed E-state index contributed by atoms with van der Waals surface area (Å²) in [6.45, 7) is 0.288. The molecule has 2 aromatic carbocycles. The molecule has 0 radical (unpaired) electrons. The molecule has 5 rings (SSSR count). The van der Waals surface area contributed by atoms with Gasteiger partial charge in [-0.2, -0.15) is 0 Å². The van der Waals surface area contributed by atoms with Crippen molar-refractivity contribution in [3.05, 3.63) is 92.0 Å². The second-order valence-corrected chi connectivity index (χ2v) is 10.7. The van der Waals surface area contributed by atoms with Gasteiger partial charge in [-0.25, -0.2) is 4.79 Å². The molecule has 34 heavy (non-hydrogen) atoms. The Morgan fingerprint density at radius 2 is 1.94 bits per heavy atom. The number of ether oxygens (including phenoxy) is 1. The number of thiocarbonyl (C=S) groups is 1. The number of thioether (sulfide) groups is 1. The molecule has 5 nitrogen and oxygen atoms in total. The Bertz CT molecular complexity index is 1460. The zero-order valence-corrected chi connectivity index (χ0v) is 21.1. The zero-order chi connectivity index (χ0) is 23.8. The van der Waals surface area contributed by atoms with E-state index in [2.05, 4.69) is 0 Å². The van der Waals surface area contributed by atoms with E-state index in [1.807, 2.05) is 0 Å². The fraction of sp³-hybridized carbons (Fsp3) is 0.0417. The molecular formula is C24H13Cl2NO4S3. The minimum absolute atomic E-state index is 0.179. The number of nitrogens with zero attached hydrogens (tertiary/aromatic N) is 1. The predicted octanol–water partition coefficient (Wildman–Crippen LogP) is 7.42. The molecule has 0 saturated carbocycles. The van der Waals surface area contributed by atoms with Crippen LogP contribution in [0.4, 0.5) is 0 Å². The number of thiophene rings is 1. The minimum Gasteiger partial charge on any atom is -0.467 e. The van der Waals surface area contributed by atoms with Gasteiger partial charge in [-0.05, 0) is 48.0 Å². The van der Waals surface area contributed by atoms with Gasteiger partial charge < -0.3 is 9.15 Å². The summed E-state index contributed by atoms with van der Waals surface area (Å²) in [6.07, 6.45) is 3.31. The zero-order valence-electron chi connectivity index (χ0n) is 17.1. The maximum atomic E-state index is 12.8. The van der Waals surface area contributed by atoms with E-state index >= 15 is 0 Å². The first-order valence-electron chi connectivity index (χ1n) is 9.86. The van der Waals surface area contributed by atoms with E-state index in [0.29, 0.717) is 35.7 Å². The molecule has 0 atom stereocenters. The van der Waals surface area contributed by atoms with Crippen LogP contribution in [0.1, 0.15) is 21.0 Å². The van der Waals surface area contributed by atoms with Crippen LogP contribution < -0.4 is 4.74 Å². The first-order valence-corrected chi connectivity index (χ1v) is 12.7. The third-order valence-electron chi connectivity index (χ3n) is 4.93. The molecule has 10 heteroatoms. The van der Waals surface area contributed by atoms with Gasteiger partial charge in [-0.15, -0.1) is 11.3 Å². The summed E-state index contributed by atoms with van der Waals surface area (Å²) in [7, 11) is 0. The van der Waals surface area contributed by atoms with Crippen molar-refractivity contribution in [3.8, 4) is 5.75 Å². The Labute approximate surface area is 217 Å². The van der Waals surface area contributed by atoms with Crippen molar-refractivity contribution in [2.75, 3.05) is 0 Å². The first-order chi connectivity index (χ1) is 16.4. The van der Waals surface area contributed by atoms with Crippen molar-refractivity contribution >= 4 is 90.9 Å². The van der Waals surface area contributed by atoms with E-state index in [1.165, 1.54) is 28.0 Å². The Balaban J connectivity index is 1.29. The predicted molar refractivity (Wildman–Crippen MR) is 141 cm³/mol. The van der Waals surface area contributed by atoms with Crippen LogP contribution in [0.15, 0.2) is 70.2 Å². The molecule has 2 aromatic heterocycles. The normalized spacial score (nSPS) is 15.0. The van der Waals surface area contributed by atoms with Crippen LogP contribution in [0, 0.1) is 0 Å². The average molecular weight is 546 g/mol. The number of carbonyl (C=O) groups is 2. The standard InChI is InChI=1S/C24H13Cl2NO4S3/c25-14-5-8-17-18(11-14)33-21(20(17)26)23(29)31-15-6-3-13(4-7-15)10-19-22(28)27(24(32)34-19)12-16-2-1-9-30-16/h1-11H,12H2/b19-10-. The number of rotatable bonds is 5. The van der Waals surface area contributed by atoms with Crippen LogP contribution in [-0.4, -0.2) is 21.1 Å². The van der Waals surface area contributed by atoms with Crippen molar-refractivity contribution in [2.45, 2.75) is 6.54 Å². The first kappa shape index (κ1) is 23.1. The summed E-state index contributed by atoms with van der Waals surface area (Å²) >= 11 is 20.2. The molecule has 1 aliphatic rings. The lowest BCUT2D eigenvalue weighted by Gasteiger charge is -2.11. The van der Waals surface area contributed by atoms with E-state index in [4.69, 9.17) is 44.6 Å². The lowest BCUT2D eigenvalue weighted by molar-refractivity contribution is -0.122. The van der Waals surface area contributed by atoms with Gasteiger partial charge in [0.1, 0.15) is 20.7 Å². The molecular weight excluding hydrogens is 533 g/mol. The third-order valence-corrected chi connectivity index (χ3v) is 8.18. The summed E-state index contributed by atoms with van der Waals surface area (Å²) in [4.78, 5) is 27.8. The number of amides is 1. The molecule has 3 heterocycles. The second kappa shape index (κ2) is 9.56. The largest absolute Gasteiger partial charge is 0.467 e. The fourth-order valence-corrected chi connectivity index (χ4v) is 6.22. The monoisotopic (exact) mass is 545 g/mol. The molecule has 0 aliphatic carbocycles. The number of halogens is 2. The maximum Gasteiger partial charge on any atom is 0.355 e. The number of carbonyl (C=O) groups excluding carboxylic acids is 2. The van der Waals surface area contributed by atoms with Crippen molar-refractivity contribution in [2.24, 2.45) is 0 Å². The highest BCUT2D eigenvalue weighted by Gasteiger charge is 2.32. The molecule has 4 aromatic rings. The third kappa shape index (κ3) is 4.64. The number of hydrogen-bond donors (Lipinski definition) is 0. The van der Waals surface area contributed by atoms with Gasteiger partial charge in [0.05, 0.1) is 22.7 Å². The summed E-state index contributed by atoms with van der Waals surface area (Å²) in [6, 6.07) is 15.7. The van der Waals surface area contributed by atoms with Crippen molar-refractivity contribution in [1.82, 2.24) is 4.90 Å². The van der Waals surface area contributed by atoms with E-state index in [-0.39, 0.29) is 12.5 Å². The van der Waals surface area contributed by atoms with Crippen LogP contribution in [-0.2, 0) is 11.3 Å². The van der Waals surface area contributed by atoms with E-state index in [9.17, 15) is 9.59 Å². The van der Waals surface area contributed by atoms with Crippen LogP contribution in [0.3, 0.4) is 0 Å². The van der Waals surface area contributed by atoms with Gasteiger partial charge >= 0.3 is 5.97 Å². The average Bonchev–Trinajstić information content (AvgIpc) is 3.51. The van der Waals surface area contributed by atoms with Crippen LogP contribution in [0.25, 0.3) is 16.2 Å². The van der Waals surface area contributed by atoms with Gasteiger partial charge in [-0.1, -0.05) is 65.4 Å². The van der Waals surface area contributed by atoms with Gasteiger partial charge in [0.15, 0.2) is 0 Å². The minimum atomic E-state index is -0.547. The molecule has 0 spiro atoms. The Kier molecular flexibility index (Phi) is 6.50. The number of hydrogen-bond acceptors (Lipinski definition) is 7. The highest BCUT2D eigenvalue weighted by atomic mass is 35.5. The van der Waals surface area contributed by atoms with Crippen LogP contribution in [0.5, 0.6) is 5.75 Å². The van der Waals surface area contributed by atoms with Crippen molar-refractivity contribution < 1.29 is 18.7 Å². The second-order valence-electron chi connectivity index (χ2n) is 7.19. The number of esters is 1. The molecule has 0 N–H and O–H groups in total. The number of benzene rings is 2. The quantitative estimate of drug-likeness (QED) is 0.112. The van der Waals surface area contributed by atoms with Crippen molar-refractivity contribution in [3.63, 3.8) is 0 Å². The van der Waals surface area contributed by atoms with Gasteiger partial charge in [0, 0.05) is 15.1 Å². The van der Waals surface area contributed by atoms with E-state index < -0.39 is 5.97 Å². The molecule has 0 unspecified atom stereocenters. The molecule has 1 fully saturated rings. The topological polar surface area (TPSA) is 59.8 Å². The fourth-order valence-electron chi connectivity index (χ4n) is 3.30. The van der Waals surface area contributed by atoms with Crippen LogP contribution >= 0.6 is 58.5 Å². The van der Waals surface area contributed by atoms with Gasteiger partial charge in [0.25, 0.3) is 5.91 Å². The molecule has 1 saturated heterocycles. The van der Waals surface area contributed by atoms with Gasteiger partial charge in [-0.3, -0.25) is 9.69 Å². The molecule has 0 bridgehead atoms. The summed E-state index contributed by atoms with van der Waals surface area (Å²) in [5.74, 6) is 0.292. The molecule has 170 valence electrons. The Hall–Kier alpha value is -2.62. The molecule has 1 aliphatic heterocycles. The van der Waals surface area contributed by atoms with E-state index in [0.717, 1.165) is 15.6 Å². The lowest BCUT2D eigenvalue weighted by atomic mass is 10.2. The van der Waals surface area contributed by atoms with E-state index in [1.54, 1.807) is 66.9 Å². The SMILES string of the molecule is O=C(Oc1ccc(/C=C2\SC(=S)N(Cc3ccco3)C2=O)cc1)c1sc2cc(Cl)ccc2c1Cl. The van der Waals surface area contributed by atoms with Crippen LogP contribution in [0.2, 0.25) is 10.0 Å². The maximum absolute atomic E-state index is 12.8. The van der Waals surface area contributed by atoms with Gasteiger partial charge in [0.2, 0.25) is 0 Å². The highest BCUT2D eigenvalue weighted by molar-refractivity contribution is 8.26. The highest BCUT2D eigenvalue weighted by Crippen LogP contribution is 2.37. The van der Waals surface area contributed by atoms with Crippen molar-refractivity contribution in [1.29, 1.82) is 0 Å². The number of fused-ring (bicyclic) bond motifs is 1. The lowest BCUT2D eigenvalue weighted by Crippen LogP contribution is -2.27. The number of furan rings is 1. The summed E-state index contributed by atoms with van der Waals surface area (Å²) in [5.41, 5.74) is 0.771. The Morgan fingerprint density at radius 1 is 1.15 bits per heavy atom. The smallest absolute Gasteiger partial charge is 0.355 e. The Morgan fingerprint density at radius 3 is 2.68 bits per heavy atom. The molecule has 1 amide bonds.